The van der Waals surface area contributed by atoms with Crippen molar-refractivity contribution in [2.24, 2.45) is 0 Å². The molecule has 0 atom stereocenters. The monoisotopic (exact) mass is 304 g/mol. The topological polar surface area (TPSA) is 66.5 Å². The van der Waals surface area contributed by atoms with Gasteiger partial charge in [0.15, 0.2) is 0 Å². The molecular weight excluding hydrogens is 288 g/mol. The molecule has 6 heteroatoms. The largest absolute Gasteiger partial charge is 0.351 e. The minimum atomic E-state index is -0.248. The Morgan fingerprint density at radius 2 is 2.05 bits per heavy atom. The number of hydrogen-bond donors (Lipinski definition) is 1. The van der Waals surface area contributed by atoms with Crippen molar-refractivity contribution in [3.63, 3.8) is 0 Å². The minimum absolute atomic E-state index is 0.195. The van der Waals surface area contributed by atoms with Crippen molar-refractivity contribution in [2.45, 2.75) is 6.92 Å². The fourth-order valence-corrected chi connectivity index (χ4v) is 2.55. The number of carbonyl (C=O) groups is 3. The lowest BCUT2D eigenvalue weighted by molar-refractivity contribution is -0.125. The second kappa shape index (κ2) is 7.08. The van der Waals surface area contributed by atoms with Crippen molar-refractivity contribution in [1.82, 2.24) is 10.2 Å². The van der Waals surface area contributed by atoms with Crippen LogP contribution >= 0.6 is 11.8 Å². The summed E-state index contributed by atoms with van der Waals surface area (Å²) < 4.78 is 0. The molecule has 1 aliphatic heterocycles. The zero-order valence-corrected chi connectivity index (χ0v) is 12.5. The molecule has 1 fully saturated rings. The fraction of sp³-hybridized carbons (Fsp3) is 0.267. The number of thioether (sulfide) groups is 1. The number of hydrogen-bond acceptors (Lipinski definition) is 4. The molecule has 1 heterocycles. The van der Waals surface area contributed by atoms with E-state index >= 15 is 0 Å². The van der Waals surface area contributed by atoms with Crippen LogP contribution in [0, 0.1) is 6.92 Å². The minimum Gasteiger partial charge on any atom is -0.351 e. The zero-order valence-electron chi connectivity index (χ0n) is 11.7. The number of nitrogens with zero attached hydrogens (tertiary/aromatic N) is 1. The highest BCUT2D eigenvalue weighted by Gasteiger charge is 2.29. The van der Waals surface area contributed by atoms with Gasteiger partial charge in [-0.25, -0.2) is 0 Å². The maximum Gasteiger partial charge on any atom is 0.288 e. The van der Waals surface area contributed by atoms with Gasteiger partial charge in [0.1, 0.15) is 0 Å². The van der Waals surface area contributed by atoms with E-state index in [1.807, 2.05) is 31.2 Å². The third-order valence-electron chi connectivity index (χ3n) is 2.98. The van der Waals surface area contributed by atoms with E-state index < -0.39 is 0 Å². The van der Waals surface area contributed by atoms with Gasteiger partial charge in [0.2, 0.25) is 11.8 Å². The lowest BCUT2D eigenvalue weighted by Gasteiger charge is -2.12. The van der Waals surface area contributed by atoms with Gasteiger partial charge in [0.25, 0.3) is 5.24 Å². The zero-order chi connectivity index (χ0) is 15.2. The van der Waals surface area contributed by atoms with E-state index in [2.05, 4.69) is 5.32 Å². The first-order valence-electron chi connectivity index (χ1n) is 6.56. The molecule has 1 aliphatic rings. The third-order valence-corrected chi connectivity index (χ3v) is 3.84. The van der Waals surface area contributed by atoms with E-state index in [9.17, 15) is 14.4 Å². The van der Waals surface area contributed by atoms with E-state index in [1.54, 1.807) is 6.08 Å². The Morgan fingerprint density at radius 3 is 2.67 bits per heavy atom. The number of rotatable bonds is 5. The van der Waals surface area contributed by atoms with Crippen LogP contribution in [0.5, 0.6) is 0 Å². The maximum atomic E-state index is 11.6. The van der Waals surface area contributed by atoms with Crippen LogP contribution in [0.25, 0.3) is 6.08 Å². The van der Waals surface area contributed by atoms with Crippen molar-refractivity contribution in [2.75, 3.05) is 18.8 Å². The molecule has 1 saturated heterocycles. The van der Waals surface area contributed by atoms with E-state index in [1.165, 1.54) is 6.08 Å². The first kappa shape index (κ1) is 15.3. The van der Waals surface area contributed by atoms with Gasteiger partial charge in [0, 0.05) is 19.2 Å². The average molecular weight is 304 g/mol. The number of imide groups is 1. The van der Waals surface area contributed by atoms with E-state index in [0.717, 1.165) is 27.8 Å². The highest BCUT2D eigenvalue weighted by Crippen LogP contribution is 2.17. The van der Waals surface area contributed by atoms with Crippen LogP contribution in [-0.2, 0) is 9.59 Å². The molecule has 0 aliphatic carbocycles. The molecule has 0 unspecified atom stereocenters. The van der Waals surface area contributed by atoms with Gasteiger partial charge in [0.05, 0.1) is 5.75 Å². The second-order valence-electron chi connectivity index (χ2n) is 4.64. The highest BCUT2D eigenvalue weighted by atomic mass is 32.2. The molecule has 0 aromatic heterocycles. The molecule has 3 amide bonds. The summed E-state index contributed by atoms with van der Waals surface area (Å²) in [6.07, 6.45) is 3.16. The summed E-state index contributed by atoms with van der Waals surface area (Å²) in [5.41, 5.74) is 2.10. The van der Waals surface area contributed by atoms with Crippen molar-refractivity contribution in [1.29, 1.82) is 0 Å². The van der Waals surface area contributed by atoms with Crippen LogP contribution in [0.4, 0.5) is 4.79 Å². The highest BCUT2D eigenvalue weighted by molar-refractivity contribution is 8.14. The van der Waals surface area contributed by atoms with Crippen molar-refractivity contribution in [3.8, 4) is 0 Å². The molecule has 2 rings (SSSR count). The molecule has 21 heavy (non-hydrogen) atoms. The lowest BCUT2D eigenvalue weighted by atomic mass is 10.1. The van der Waals surface area contributed by atoms with Crippen LogP contribution < -0.4 is 5.32 Å². The van der Waals surface area contributed by atoms with Crippen LogP contribution in [0.3, 0.4) is 0 Å². The molecule has 110 valence electrons. The number of nitrogens with one attached hydrogen (secondary N) is 1. The van der Waals surface area contributed by atoms with Crippen molar-refractivity contribution < 1.29 is 14.4 Å². The lowest BCUT2D eigenvalue weighted by Crippen LogP contribution is -2.37. The van der Waals surface area contributed by atoms with Crippen molar-refractivity contribution in [3.05, 3.63) is 41.5 Å². The first-order chi connectivity index (χ1) is 10.1. The summed E-state index contributed by atoms with van der Waals surface area (Å²) in [6.45, 7) is 2.48. The van der Waals surface area contributed by atoms with Gasteiger partial charge >= 0.3 is 0 Å². The van der Waals surface area contributed by atoms with Gasteiger partial charge in [-0.15, -0.1) is 0 Å². The second-order valence-corrected chi connectivity index (χ2v) is 5.56. The van der Waals surface area contributed by atoms with Crippen LogP contribution in [0.15, 0.2) is 30.3 Å². The number of aryl methyl sites for hydroxylation is 1. The molecule has 0 spiro atoms. The Labute approximate surface area is 127 Å². The molecule has 0 bridgehead atoms. The fourth-order valence-electron chi connectivity index (χ4n) is 1.80. The number of amides is 3. The van der Waals surface area contributed by atoms with Crippen LogP contribution in [0.2, 0.25) is 0 Å². The van der Waals surface area contributed by atoms with Crippen molar-refractivity contribution >= 4 is 34.9 Å². The molecule has 0 saturated carbocycles. The Balaban J connectivity index is 1.76. The normalized spacial score (nSPS) is 15.0. The van der Waals surface area contributed by atoms with Crippen LogP contribution in [-0.4, -0.2) is 40.8 Å². The molecule has 1 aromatic rings. The third kappa shape index (κ3) is 4.46. The summed E-state index contributed by atoms with van der Waals surface area (Å²) in [4.78, 5) is 35.5. The Kier molecular flexibility index (Phi) is 5.16. The summed E-state index contributed by atoms with van der Waals surface area (Å²) in [5.74, 6) is -0.253. The van der Waals surface area contributed by atoms with Gasteiger partial charge < -0.3 is 5.32 Å². The Bertz CT molecular complexity index is 565. The average Bonchev–Trinajstić information content (AvgIpc) is 2.78. The van der Waals surface area contributed by atoms with Gasteiger partial charge in [-0.2, -0.15) is 0 Å². The number of carbonyl (C=O) groups excluding carboxylic acids is 3. The smallest absolute Gasteiger partial charge is 0.288 e. The predicted molar refractivity (Wildman–Crippen MR) is 82.8 cm³/mol. The number of benzene rings is 1. The quantitative estimate of drug-likeness (QED) is 0.843. The molecule has 1 aromatic carbocycles. The molecular formula is C15H16N2O3S. The summed E-state index contributed by atoms with van der Waals surface area (Å²) >= 11 is 0.992. The molecule has 0 radical (unpaired) electrons. The van der Waals surface area contributed by atoms with Crippen LogP contribution in [0.1, 0.15) is 11.1 Å². The summed E-state index contributed by atoms with van der Waals surface area (Å²) in [5, 5.41) is 2.41. The predicted octanol–water partition coefficient (Wildman–Crippen LogP) is 1.82. The summed E-state index contributed by atoms with van der Waals surface area (Å²) in [7, 11) is 0. The van der Waals surface area contributed by atoms with E-state index in [-0.39, 0.29) is 35.9 Å². The van der Waals surface area contributed by atoms with Gasteiger partial charge in [-0.3, -0.25) is 19.3 Å². The SMILES string of the molecule is Cc1ccc(/C=C/C(=O)NCCN2C(=O)CSC2=O)cc1. The van der Waals surface area contributed by atoms with Gasteiger partial charge in [-0.1, -0.05) is 41.6 Å². The van der Waals surface area contributed by atoms with E-state index in [0.29, 0.717) is 0 Å². The Hall–Kier alpha value is -2.08. The molecule has 5 nitrogen and oxygen atoms in total. The van der Waals surface area contributed by atoms with Gasteiger partial charge in [-0.05, 0) is 18.6 Å². The Morgan fingerprint density at radius 1 is 1.33 bits per heavy atom. The maximum absolute atomic E-state index is 11.6. The molecule has 1 N–H and O–H groups in total. The standard InChI is InChI=1S/C15H16N2O3S/c1-11-2-4-12(5-3-11)6-7-13(18)16-8-9-17-14(19)10-21-15(17)20/h2-7H,8-10H2,1H3,(H,16,18)/b7-6+. The summed E-state index contributed by atoms with van der Waals surface area (Å²) in [6, 6.07) is 7.80. The first-order valence-corrected chi connectivity index (χ1v) is 7.54. The van der Waals surface area contributed by atoms with E-state index in [4.69, 9.17) is 0 Å².